The van der Waals surface area contributed by atoms with Gasteiger partial charge in [-0.1, -0.05) is 91.0 Å². The monoisotopic (exact) mass is 480 g/mol. The predicted octanol–water partition coefficient (Wildman–Crippen LogP) is 10.6. The van der Waals surface area contributed by atoms with Crippen molar-refractivity contribution in [3.63, 3.8) is 0 Å². The SMILES string of the molecule is C1=Cc2cc3cc4cc5ccccc5cc4cc3cc2C(c2cc3ccc4cccc5ccc(c2)c3c45)C1. The van der Waals surface area contributed by atoms with Crippen LogP contribution < -0.4 is 0 Å². The molecule has 9 rings (SSSR count). The fourth-order valence-electron chi connectivity index (χ4n) is 6.98. The molecule has 38 heavy (non-hydrogen) atoms. The minimum atomic E-state index is 0.355. The van der Waals surface area contributed by atoms with Gasteiger partial charge in [0.2, 0.25) is 0 Å². The minimum Gasteiger partial charge on any atom is -0.0830 e. The lowest BCUT2D eigenvalue weighted by atomic mass is 9.79. The minimum absolute atomic E-state index is 0.355. The summed E-state index contributed by atoms with van der Waals surface area (Å²) in [5.74, 6) is 0.355. The molecule has 0 N–H and O–H groups in total. The second-order valence-corrected chi connectivity index (χ2v) is 11.0. The van der Waals surface area contributed by atoms with Crippen LogP contribution in [-0.2, 0) is 0 Å². The van der Waals surface area contributed by atoms with E-state index in [1.807, 2.05) is 0 Å². The third-order valence-electron chi connectivity index (χ3n) is 8.79. The highest BCUT2D eigenvalue weighted by Gasteiger charge is 2.21. The first-order valence-corrected chi connectivity index (χ1v) is 13.5. The molecule has 176 valence electrons. The quantitative estimate of drug-likeness (QED) is 0.162. The Morgan fingerprint density at radius 2 is 0.947 bits per heavy atom. The van der Waals surface area contributed by atoms with Gasteiger partial charge in [-0.3, -0.25) is 0 Å². The maximum Gasteiger partial charge on any atom is 0.0130 e. The van der Waals surface area contributed by atoms with Crippen molar-refractivity contribution in [2.24, 2.45) is 0 Å². The van der Waals surface area contributed by atoms with Crippen molar-refractivity contribution in [2.45, 2.75) is 12.3 Å². The first-order chi connectivity index (χ1) is 18.8. The van der Waals surface area contributed by atoms with Gasteiger partial charge >= 0.3 is 0 Å². The van der Waals surface area contributed by atoms with E-state index in [4.69, 9.17) is 0 Å². The third-order valence-corrected chi connectivity index (χ3v) is 8.79. The van der Waals surface area contributed by atoms with E-state index in [2.05, 4.69) is 127 Å². The molecule has 1 unspecified atom stereocenters. The normalized spacial score (nSPS) is 15.4. The van der Waals surface area contributed by atoms with Crippen molar-refractivity contribution in [3.05, 3.63) is 138 Å². The Hall–Kier alpha value is -4.68. The van der Waals surface area contributed by atoms with Gasteiger partial charge < -0.3 is 0 Å². The molecular weight excluding hydrogens is 456 g/mol. The van der Waals surface area contributed by atoms with E-state index in [9.17, 15) is 0 Å². The van der Waals surface area contributed by atoms with Crippen LogP contribution in [0.15, 0.2) is 121 Å². The number of allylic oxidation sites excluding steroid dienone is 1. The highest BCUT2D eigenvalue weighted by atomic mass is 14.2. The third kappa shape index (κ3) is 2.86. The molecule has 1 atom stereocenters. The molecule has 0 aromatic heterocycles. The average Bonchev–Trinajstić information content (AvgIpc) is 2.96. The van der Waals surface area contributed by atoms with Crippen molar-refractivity contribution in [3.8, 4) is 0 Å². The van der Waals surface area contributed by atoms with Crippen molar-refractivity contribution >= 4 is 70.7 Å². The average molecular weight is 481 g/mol. The first-order valence-electron chi connectivity index (χ1n) is 13.5. The number of hydrogen-bond donors (Lipinski definition) is 0. The van der Waals surface area contributed by atoms with Crippen molar-refractivity contribution in [1.82, 2.24) is 0 Å². The van der Waals surface area contributed by atoms with Crippen molar-refractivity contribution in [2.75, 3.05) is 0 Å². The van der Waals surface area contributed by atoms with E-state index in [1.165, 1.54) is 81.3 Å². The van der Waals surface area contributed by atoms with Gasteiger partial charge in [0.1, 0.15) is 0 Å². The summed E-state index contributed by atoms with van der Waals surface area (Å²) in [6, 6.07) is 43.6. The van der Waals surface area contributed by atoms with Crippen LogP contribution in [0.4, 0.5) is 0 Å². The molecule has 0 fully saturated rings. The molecule has 0 saturated carbocycles. The fourth-order valence-corrected chi connectivity index (χ4v) is 6.98. The maximum absolute atomic E-state index is 2.46. The van der Waals surface area contributed by atoms with Crippen molar-refractivity contribution in [1.29, 1.82) is 0 Å². The smallest absolute Gasteiger partial charge is 0.0130 e. The lowest BCUT2D eigenvalue weighted by Gasteiger charge is -2.24. The van der Waals surface area contributed by atoms with E-state index in [1.54, 1.807) is 0 Å². The molecule has 0 saturated heterocycles. The molecule has 0 amide bonds. The zero-order chi connectivity index (χ0) is 24.8. The summed E-state index contributed by atoms with van der Waals surface area (Å²) in [7, 11) is 0. The summed E-state index contributed by atoms with van der Waals surface area (Å²) in [6.07, 6.45) is 5.71. The summed E-state index contributed by atoms with van der Waals surface area (Å²) in [6.45, 7) is 0. The second kappa shape index (κ2) is 7.43. The fraction of sp³-hybridized carbons (Fsp3) is 0.0526. The molecule has 0 heteroatoms. The zero-order valence-electron chi connectivity index (χ0n) is 20.9. The summed E-state index contributed by atoms with van der Waals surface area (Å²) in [4.78, 5) is 0. The van der Waals surface area contributed by atoms with Crippen LogP contribution in [0.3, 0.4) is 0 Å². The molecule has 1 aliphatic rings. The number of rotatable bonds is 1. The Labute approximate surface area is 220 Å². The van der Waals surface area contributed by atoms with Crippen LogP contribution >= 0.6 is 0 Å². The molecular formula is C38H24. The molecule has 0 heterocycles. The molecule has 0 bridgehead atoms. The van der Waals surface area contributed by atoms with Gasteiger partial charge in [0.25, 0.3) is 0 Å². The highest BCUT2D eigenvalue weighted by Crippen LogP contribution is 2.42. The summed E-state index contributed by atoms with van der Waals surface area (Å²) in [5.41, 5.74) is 4.19. The molecule has 1 aliphatic carbocycles. The van der Waals surface area contributed by atoms with E-state index < -0.39 is 0 Å². The number of benzene rings is 8. The zero-order valence-corrected chi connectivity index (χ0v) is 20.9. The Bertz CT molecular complexity index is 2200. The molecule has 0 radical (unpaired) electrons. The second-order valence-electron chi connectivity index (χ2n) is 11.0. The van der Waals surface area contributed by atoms with E-state index in [-0.39, 0.29) is 0 Å². The van der Waals surface area contributed by atoms with Gasteiger partial charge in [-0.2, -0.15) is 0 Å². The Morgan fingerprint density at radius 3 is 1.63 bits per heavy atom. The lowest BCUT2D eigenvalue weighted by Crippen LogP contribution is -2.06. The summed E-state index contributed by atoms with van der Waals surface area (Å²) < 4.78 is 0. The van der Waals surface area contributed by atoms with Crippen LogP contribution in [-0.4, -0.2) is 0 Å². The summed E-state index contributed by atoms with van der Waals surface area (Å²) in [5, 5.41) is 16.0. The van der Waals surface area contributed by atoms with Crippen LogP contribution in [0.1, 0.15) is 29.0 Å². The number of fused-ring (bicyclic) bond motifs is 4. The standard InChI is InChI=1S/C38H24/c1-2-6-26-16-31-21-33-22-36-27(17-32(33)20-30(31)15-25(26)5-1)9-4-10-35(36)34-18-28-13-11-23-7-3-8-24-12-14-29(19-34)38(28)37(23)24/h1-9,11-22,35H,10H2. The molecule has 0 aliphatic heterocycles. The predicted molar refractivity (Wildman–Crippen MR) is 165 cm³/mol. The molecule has 8 aromatic carbocycles. The topological polar surface area (TPSA) is 0 Å². The Morgan fingerprint density at radius 1 is 0.421 bits per heavy atom. The van der Waals surface area contributed by atoms with Gasteiger partial charge in [-0.15, -0.1) is 0 Å². The number of hydrogen-bond acceptors (Lipinski definition) is 0. The summed E-state index contributed by atoms with van der Waals surface area (Å²) >= 11 is 0. The maximum atomic E-state index is 2.46. The highest BCUT2D eigenvalue weighted by molar-refractivity contribution is 6.23. The van der Waals surface area contributed by atoms with E-state index >= 15 is 0 Å². The van der Waals surface area contributed by atoms with E-state index in [0.29, 0.717) is 5.92 Å². The van der Waals surface area contributed by atoms with Gasteiger partial charge in [-0.05, 0) is 124 Å². The first kappa shape index (κ1) is 20.4. The Kier molecular flexibility index (Phi) is 3.99. The van der Waals surface area contributed by atoms with E-state index in [0.717, 1.165) is 6.42 Å². The molecule has 8 aromatic rings. The van der Waals surface area contributed by atoms with Gasteiger partial charge in [0, 0.05) is 5.92 Å². The van der Waals surface area contributed by atoms with Gasteiger partial charge in [0.05, 0.1) is 0 Å². The van der Waals surface area contributed by atoms with Gasteiger partial charge in [-0.25, -0.2) is 0 Å². The lowest BCUT2D eigenvalue weighted by molar-refractivity contribution is 0.823. The van der Waals surface area contributed by atoms with Gasteiger partial charge in [0.15, 0.2) is 0 Å². The Balaban J connectivity index is 1.25. The van der Waals surface area contributed by atoms with Crippen molar-refractivity contribution < 1.29 is 0 Å². The van der Waals surface area contributed by atoms with Crippen LogP contribution in [0.5, 0.6) is 0 Å². The van der Waals surface area contributed by atoms with Crippen LogP contribution in [0.2, 0.25) is 0 Å². The van der Waals surface area contributed by atoms with Crippen LogP contribution in [0, 0.1) is 0 Å². The van der Waals surface area contributed by atoms with Crippen LogP contribution in [0.25, 0.3) is 70.7 Å². The largest absolute Gasteiger partial charge is 0.0830 e. The molecule has 0 nitrogen and oxygen atoms in total. The molecule has 0 spiro atoms.